The van der Waals surface area contributed by atoms with Crippen LogP contribution in [0, 0.1) is 23.2 Å². The summed E-state index contributed by atoms with van der Waals surface area (Å²) in [5.41, 5.74) is -0.685. The van der Waals surface area contributed by atoms with Crippen molar-refractivity contribution >= 4 is 17.7 Å². The quantitative estimate of drug-likeness (QED) is 0.596. The van der Waals surface area contributed by atoms with Crippen molar-refractivity contribution in [1.82, 2.24) is 0 Å². The van der Waals surface area contributed by atoms with Crippen molar-refractivity contribution in [3.63, 3.8) is 0 Å². The molecule has 1 saturated heterocycles. The number of carbonyl (C=O) groups is 3. The molecule has 6 nitrogen and oxygen atoms in total. The molecule has 7 unspecified atom stereocenters. The first kappa shape index (κ1) is 18.6. The number of rotatable bonds is 2. The number of allylic oxidation sites excluding steroid dienone is 3. The molecule has 0 aromatic rings. The summed E-state index contributed by atoms with van der Waals surface area (Å²) in [5, 5.41) is 10.9. The maximum atomic E-state index is 12.8. The molecule has 2 bridgehead atoms. The minimum absolute atomic E-state index is 0.0263. The fourth-order valence-corrected chi connectivity index (χ4v) is 4.48. The summed E-state index contributed by atoms with van der Waals surface area (Å²) < 4.78 is 11.1. The average Bonchev–Trinajstić information content (AvgIpc) is 2.89. The molecule has 2 fully saturated rings. The van der Waals surface area contributed by atoms with Gasteiger partial charge in [0.05, 0.1) is 11.3 Å². The molecule has 1 aliphatic heterocycles. The Morgan fingerprint density at radius 2 is 2.08 bits per heavy atom. The van der Waals surface area contributed by atoms with Crippen LogP contribution in [0.15, 0.2) is 36.0 Å². The second kappa shape index (κ2) is 6.20. The molecule has 140 valence electrons. The van der Waals surface area contributed by atoms with Crippen molar-refractivity contribution in [3.8, 4) is 0 Å². The highest BCUT2D eigenvalue weighted by atomic mass is 16.6. The molecule has 0 aromatic heterocycles. The number of aliphatic hydroxyl groups excluding tert-OH is 1. The van der Waals surface area contributed by atoms with E-state index in [1.807, 2.05) is 6.92 Å². The van der Waals surface area contributed by atoms with Gasteiger partial charge >= 0.3 is 11.9 Å². The molecule has 1 N–H and O–H groups in total. The Morgan fingerprint density at radius 3 is 2.69 bits per heavy atom. The Kier molecular flexibility index (Phi) is 4.43. The van der Waals surface area contributed by atoms with E-state index < -0.39 is 41.6 Å². The van der Waals surface area contributed by atoms with Gasteiger partial charge in [0.25, 0.3) is 0 Å². The van der Waals surface area contributed by atoms with Gasteiger partial charge in [0.15, 0.2) is 5.78 Å². The largest absolute Gasteiger partial charge is 0.457 e. The summed E-state index contributed by atoms with van der Waals surface area (Å²) in [6.07, 6.45) is 1.97. The van der Waals surface area contributed by atoms with Crippen LogP contribution in [0.5, 0.6) is 0 Å². The first-order chi connectivity index (χ1) is 12.1. The van der Waals surface area contributed by atoms with E-state index in [9.17, 15) is 19.5 Å². The van der Waals surface area contributed by atoms with Gasteiger partial charge in [-0.3, -0.25) is 4.79 Å². The van der Waals surface area contributed by atoms with Gasteiger partial charge in [-0.25, -0.2) is 9.59 Å². The molecule has 2 aliphatic carbocycles. The number of hydrogen-bond acceptors (Lipinski definition) is 6. The summed E-state index contributed by atoms with van der Waals surface area (Å²) in [7, 11) is 0. The van der Waals surface area contributed by atoms with Crippen LogP contribution in [0.4, 0.5) is 0 Å². The standard InChI is InChI=1S/C20H24O6/c1-6-9(2)18(23)26-17-14-11(4)19(24)25-16(15(14)22)10(3)12-7-8-13(21)20(12,17)5/h6-8,10,12,14-17,22H,4H2,1-3,5H3. The third-order valence-electron chi connectivity index (χ3n) is 6.28. The number of ether oxygens (including phenoxy) is 2. The molecular weight excluding hydrogens is 336 g/mol. The summed E-state index contributed by atoms with van der Waals surface area (Å²) in [6.45, 7) is 10.6. The van der Waals surface area contributed by atoms with E-state index in [1.54, 1.807) is 32.9 Å². The van der Waals surface area contributed by atoms with Gasteiger partial charge in [-0.2, -0.15) is 0 Å². The van der Waals surface area contributed by atoms with E-state index in [1.165, 1.54) is 6.08 Å². The summed E-state index contributed by atoms with van der Waals surface area (Å²) in [5.74, 6) is -2.93. The van der Waals surface area contributed by atoms with Gasteiger partial charge in [-0.15, -0.1) is 0 Å². The van der Waals surface area contributed by atoms with Crippen LogP contribution in [0.25, 0.3) is 0 Å². The molecule has 1 saturated carbocycles. The normalized spacial score (nSPS) is 42.2. The smallest absolute Gasteiger partial charge is 0.334 e. The van der Waals surface area contributed by atoms with Crippen molar-refractivity contribution in [1.29, 1.82) is 0 Å². The first-order valence-electron chi connectivity index (χ1n) is 8.79. The van der Waals surface area contributed by atoms with Gasteiger partial charge in [-0.1, -0.05) is 25.7 Å². The zero-order valence-electron chi connectivity index (χ0n) is 15.4. The second-order valence-corrected chi connectivity index (χ2v) is 7.60. The molecule has 26 heavy (non-hydrogen) atoms. The van der Waals surface area contributed by atoms with Crippen LogP contribution in [0.3, 0.4) is 0 Å². The Hall–Kier alpha value is -2.21. The first-order valence-corrected chi connectivity index (χ1v) is 8.79. The lowest BCUT2D eigenvalue weighted by Gasteiger charge is -2.41. The van der Waals surface area contributed by atoms with Crippen LogP contribution in [-0.2, 0) is 23.9 Å². The predicted molar refractivity (Wildman–Crippen MR) is 92.7 cm³/mol. The average molecular weight is 360 g/mol. The molecule has 7 atom stereocenters. The third kappa shape index (κ3) is 2.39. The number of carbonyl (C=O) groups excluding carboxylic acids is 3. The van der Waals surface area contributed by atoms with Gasteiger partial charge in [-0.05, 0) is 32.8 Å². The predicted octanol–water partition coefficient (Wildman–Crippen LogP) is 1.73. The maximum absolute atomic E-state index is 12.8. The molecule has 0 spiro atoms. The van der Waals surface area contributed by atoms with E-state index in [-0.39, 0.29) is 23.2 Å². The van der Waals surface area contributed by atoms with Gasteiger partial charge < -0.3 is 14.6 Å². The third-order valence-corrected chi connectivity index (χ3v) is 6.28. The monoisotopic (exact) mass is 360 g/mol. The van der Waals surface area contributed by atoms with Crippen molar-refractivity contribution in [2.45, 2.75) is 46.0 Å². The Labute approximate surface area is 152 Å². The van der Waals surface area contributed by atoms with Crippen LogP contribution in [0.2, 0.25) is 0 Å². The van der Waals surface area contributed by atoms with Crippen LogP contribution in [0.1, 0.15) is 27.7 Å². The topological polar surface area (TPSA) is 89.9 Å². The molecule has 6 heteroatoms. The van der Waals surface area contributed by atoms with E-state index in [2.05, 4.69) is 6.58 Å². The lowest BCUT2D eigenvalue weighted by atomic mass is 9.67. The zero-order valence-corrected chi connectivity index (χ0v) is 15.4. The lowest BCUT2D eigenvalue weighted by Crippen LogP contribution is -2.53. The number of fused-ring (bicyclic) bond motifs is 3. The van der Waals surface area contributed by atoms with E-state index in [0.29, 0.717) is 5.57 Å². The molecule has 0 aromatic carbocycles. The minimum atomic E-state index is -1.10. The SMILES string of the molecule is C=C1C(=O)OC2C(C)C3C=CC(=O)C3(C)C(OC(=O)C(C)=CC)C1C2O. The number of esters is 2. The maximum Gasteiger partial charge on any atom is 0.334 e. The number of ketones is 1. The van der Waals surface area contributed by atoms with E-state index >= 15 is 0 Å². The Bertz CT molecular complexity index is 747. The molecule has 0 radical (unpaired) electrons. The van der Waals surface area contributed by atoms with E-state index in [4.69, 9.17) is 9.47 Å². The minimum Gasteiger partial charge on any atom is -0.457 e. The second-order valence-electron chi connectivity index (χ2n) is 7.60. The molecule has 3 rings (SSSR count). The van der Waals surface area contributed by atoms with Gasteiger partial charge in [0, 0.05) is 17.1 Å². The fourth-order valence-electron chi connectivity index (χ4n) is 4.48. The lowest BCUT2D eigenvalue weighted by molar-refractivity contribution is -0.176. The highest BCUT2D eigenvalue weighted by Crippen LogP contribution is 2.54. The van der Waals surface area contributed by atoms with Crippen molar-refractivity contribution < 1.29 is 29.0 Å². The zero-order chi connectivity index (χ0) is 19.4. The van der Waals surface area contributed by atoms with Crippen LogP contribution >= 0.6 is 0 Å². The van der Waals surface area contributed by atoms with Crippen molar-refractivity contribution in [3.05, 3.63) is 36.0 Å². The summed E-state index contributed by atoms with van der Waals surface area (Å²) in [6, 6.07) is 0. The Morgan fingerprint density at radius 1 is 1.42 bits per heavy atom. The van der Waals surface area contributed by atoms with Gasteiger partial charge in [0.2, 0.25) is 0 Å². The van der Waals surface area contributed by atoms with Crippen molar-refractivity contribution in [2.24, 2.45) is 23.2 Å². The summed E-state index contributed by atoms with van der Waals surface area (Å²) in [4.78, 5) is 37.6. The highest BCUT2D eigenvalue weighted by Gasteiger charge is 2.64. The van der Waals surface area contributed by atoms with Crippen molar-refractivity contribution in [2.75, 3.05) is 0 Å². The molecule has 1 heterocycles. The Balaban J connectivity index is 2.15. The summed E-state index contributed by atoms with van der Waals surface area (Å²) >= 11 is 0. The molecular formula is C20H24O6. The van der Waals surface area contributed by atoms with Crippen LogP contribution in [-0.4, -0.2) is 41.1 Å². The number of hydrogen-bond donors (Lipinski definition) is 1. The van der Waals surface area contributed by atoms with E-state index in [0.717, 1.165) is 0 Å². The highest BCUT2D eigenvalue weighted by molar-refractivity contribution is 5.99. The fraction of sp³-hybridized carbons (Fsp3) is 0.550. The number of aliphatic hydroxyl groups is 1. The molecule has 0 amide bonds. The van der Waals surface area contributed by atoms with Gasteiger partial charge in [0.1, 0.15) is 18.3 Å². The molecule has 3 aliphatic rings. The van der Waals surface area contributed by atoms with Crippen LogP contribution < -0.4 is 0 Å².